The summed E-state index contributed by atoms with van der Waals surface area (Å²) in [5, 5.41) is 7.61. The number of rotatable bonds is 5. The number of para-hydroxylation sites is 1. The molecule has 32 heavy (non-hydrogen) atoms. The highest BCUT2D eigenvalue weighted by molar-refractivity contribution is 7.80. The third-order valence-electron chi connectivity index (χ3n) is 5.38. The van der Waals surface area contributed by atoms with E-state index in [1.807, 2.05) is 54.6 Å². The van der Waals surface area contributed by atoms with Crippen LogP contribution >= 0.6 is 23.6 Å². The van der Waals surface area contributed by atoms with E-state index in [1.54, 1.807) is 11.3 Å². The number of thiocarbonyl (C=S) groups is 1. The van der Waals surface area contributed by atoms with Gasteiger partial charge in [-0.2, -0.15) is 0 Å². The summed E-state index contributed by atoms with van der Waals surface area (Å²) in [6.07, 6.45) is 6.57. The summed E-state index contributed by atoms with van der Waals surface area (Å²) in [4.78, 5) is 13.8. The molecule has 0 saturated heterocycles. The molecule has 0 aliphatic heterocycles. The number of benzene rings is 2. The number of fused-ring (bicyclic) bond motifs is 1. The summed E-state index contributed by atoms with van der Waals surface area (Å²) < 4.78 is 10.9. The van der Waals surface area contributed by atoms with Gasteiger partial charge in [-0.15, -0.1) is 11.3 Å². The quantitative estimate of drug-likeness (QED) is 0.319. The molecule has 166 valence electrons. The number of nitrogens with one attached hydrogen (secondary N) is 2. The molecule has 7 heteroatoms. The Kier molecular flexibility index (Phi) is 7.39. The van der Waals surface area contributed by atoms with E-state index < -0.39 is 0 Å². The van der Waals surface area contributed by atoms with Gasteiger partial charge in [0.05, 0.1) is 12.7 Å². The van der Waals surface area contributed by atoms with Crippen molar-refractivity contribution in [2.24, 2.45) is 0 Å². The molecule has 0 radical (unpaired) electrons. The Morgan fingerprint density at radius 2 is 1.59 bits per heavy atom. The molecular weight excluding hydrogens is 440 g/mol. The molecule has 2 N–H and O–H groups in total. The van der Waals surface area contributed by atoms with E-state index in [0.717, 1.165) is 53.4 Å². The highest BCUT2D eigenvalue weighted by atomic mass is 32.1. The molecule has 3 aromatic rings. The second kappa shape index (κ2) is 10.6. The van der Waals surface area contributed by atoms with Gasteiger partial charge in [-0.05, 0) is 79.9 Å². The molecule has 1 heterocycles. The van der Waals surface area contributed by atoms with Crippen LogP contribution in [0.25, 0.3) is 0 Å². The maximum absolute atomic E-state index is 12.6. The standard InChI is InChI=1S/C25H26N2O3S2/c1-29-24(28)22-20-11-7-2-3-8-12-21(20)32-23(22)27-25(31)26-17-13-15-19(16-14-17)30-18-9-5-4-6-10-18/h4-6,9-10,13-16H,2-3,7-8,11-12H2,1H3,(H2,26,27,31). The zero-order valence-corrected chi connectivity index (χ0v) is 19.6. The van der Waals surface area contributed by atoms with Crippen LogP contribution in [0.1, 0.15) is 46.5 Å². The molecule has 1 aliphatic rings. The van der Waals surface area contributed by atoms with Crippen molar-refractivity contribution in [1.82, 2.24) is 0 Å². The van der Waals surface area contributed by atoms with E-state index in [9.17, 15) is 4.79 Å². The van der Waals surface area contributed by atoms with Gasteiger partial charge in [0.1, 0.15) is 16.5 Å². The van der Waals surface area contributed by atoms with Crippen LogP contribution in [0.2, 0.25) is 0 Å². The summed E-state index contributed by atoms with van der Waals surface area (Å²) >= 11 is 7.14. The zero-order chi connectivity index (χ0) is 22.3. The number of aryl methyl sites for hydroxylation is 1. The molecule has 0 spiro atoms. The molecule has 0 atom stereocenters. The lowest BCUT2D eigenvalue weighted by Crippen LogP contribution is -2.20. The number of anilines is 2. The second-order valence-electron chi connectivity index (χ2n) is 7.63. The first-order valence-corrected chi connectivity index (χ1v) is 12.0. The highest BCUT2D eigenvalue weighted by Gasteiger charge is 2.25. The Balaban J connectivity index is 1.45. The molecule has 5 nitrogen and oxygen atoms in total. The SMILES string of the molecule is COC(=O)c1c(NC(=S)Nc2ccc(Oc3ccccc3)cc2)sc2c1CCCCCC2. The zero-order valence-electron chi connectivity index (χ0n) is 18.0. The Labute approximate surface area is 197 Å². The molecule has 0 bridgehead atoms. The van der Waals surface area contributed by atoms with E-state index in [4.69, 9.17) is 21.7 Å². The molecule has 0 fully saturated rings. The van der Waals surface area contributed by atoms with E-state index in [-0.39, 0.29) is 5.97 Å². The van der Waals surface area contributed by atoms with Gasteiger partial charge < -0.3 is 20.1 Å². The third-order valence-corrected chi connectivity index (χ3v) is 6.79. The lowest BCUT2D eigenvalue weighted by molar-refractivity contribution is 0.0601. The fourth-order valence-electron chi connectivity index (χ4n) is 3.82. The minimum Gasteiger partial charge on any atom is -0.465 e. The highest BCUT2D eigenvalue weighted by Crippen LogP contribution is 2.37. The second-order valence-corrected chi connectivity index (χ2v) is 9.15. The third kappa shape index (κ3) is 5.47. The first-order valence-electron chi connectivity index (χ1n) is 10.8. The number of carbonyl (C=O) groups is 1. The molecule has 4 rings (SSSR count). The van der Waals surface area contributed by atoms with Gasteiger partial charge in [-0.1, -0.05) is 31.0 Å². The molecule has 1 aliphatic carbocycles. The van der Waals surface area contributed by atoms with E-state index >= 15 is 0 Å². The van der Waals surface area contributed by atoms with Crippen molar-refractivity contribution in [3.05, 3.63) is 70.6 Å². The summed E-state index contributed by atoms with van der Waals surface area (Å²) in [5.74, 6) is 1.22. The monoisotopic (exact) mass is 466 g/mol. The maximum atomic E-state index is 12.6. The minimum atomic E-state index is -0.309. The van der Waals surface area contributed by atoms with Crippen molar-refractivity contribution >= 4 is 45.3 Å². The van der Waals surface area contributed by atoms with Crippen LogP contribution in [0, 0.1) is 0 Å². The van der Waals surface area contributed by atoms with Crippen LogP contribution in [0.15, 0.2) is 54.6 Å². The first kappa shape index (κ1) is 22.3. The van der Waals surface area contributed by atoms with Crippen LogP contribution in [-0.2, 0) is 17.6 Å². The summed E-state index contributed by atoms with van der Waals surface area (Å²) in [5.41, 5.74) is 2.58. The fraction of sp³-hybridized carbons (Fsp3) is 0.280. The van der Waals surface area contributed by atoms with Crippen molar-refractivity contribution < 1.29 is 14.3 Å². The van der Waals surface area contributed by atoms with Crippen molar-refractivity contribution in [3.63, 3.8) is 0 Å². The molecule has 0 amide bonds. The number of hydrogen-bond donors (Lipinski definition) is 2. The van der Waals surface area contributed by atoms with Crippen LogP contribution in [0.3, 0.4) is 0 Å². The minimum absolute atomic E-state index is 0.309. The van der Waals surface area contributed by atoms with Gasteiger partial charge >= 0.3 is 5.97 Å². The molecule has 1 aromatic heterocycles. The molecule has 2 aromatic carbocycles. The van der Waals surface area contributed by atoms with E-state index in [0.29, 0.717) is 10.7 Å². The van der Waals surface area contributed by atoms with E-state index in [1.165, 1.54) is 24.8 Å². The predicted octanol–water partition coefficient (Wildman–Crippen LogP) is 6.79. The Hall–Kier alpha value is -2.90. The first-order chi connectivity index (χ1) is 15.6. The molecular formula is C25H26N2O3S2. The van der Waals surface area contributed by atoms with Crippen molar-refractivity contribution in [1.29, 1.82) is 0 Å². The molecule has 0 saturated carbocycles. The van der Waals surface area contributed by atoms with Gasteiger partial charge in [0.15, 0.2) is 5.11 Å². The number of hydrogen-bond acceptors (Lipinski definition) is 5. The summed E-state index contributed by atoms with van der Waals surface area (Å²) in [7, 11) is 1.43. The van der Waals surface area contributed by atoms with Crippen molar-refractivity contribution in [3.8, 4) is 11.5 Å². The van der Waals surface area contributed by atoms with Crippen LogP contribution in [-0.4, -0.2) is 18.2 Å². The largest absolute Gasteiger partial charge is 0.465 e. The van der Waals surface area contributed by atoms with Crippen LogP contribution < -0.4 is 15.4 Å². The normalized spacial score (nSPS) is 13.3. The number of thiophene rings is 1. The maximum Gasteiger partial charge on any atom is 0.341 e. The number of methoxy groups -OCH3 is 1. The Bertz CT molecular complexity index is 1080. The average Bonchev–Trinajstić information content (AvgIpc) is 3.11. The fourth-order valence-corrected chi connectivity index (χ4v) is 5.39. The smallest absolute Gasteiger partial charge is 0.341 e. The lowest BCUT2D eigenvalue weighted by Gasteiger charge is -2.12. The Morgan fingerprint density at radius 1 is 0.906 bits per heavy atom. The van der Waals surface area contributed by atoms with Gasteiger partial charge in [0.25, 0.3) is 0 Å². The summed E-state index contributed by atoms with van der Waals surface area (Å²) in [6, 6.07) is 17.2. The predicted molar refractivity (Wildman–Crippen MR) is 134 cm³/mol. The van der Waals surface area contributed by atoms with Crippen LogP contribution in [0.5, 0.6) is 11.5 Å². The Morgan fingerprint density at radius 3 is 2.31 bits per heavy atom. The lowest BCUT2D eigenvalue weighted by atomic mass is 9.96. The van der Waals surface area contributed by atoms with Gasteiger partial charge in [-0.3, -0.25) is 0 Å². The van der Waals surface area contributed by atoms with Crippen LogP contribution in [0.4, 0.5) is 10.7 Å². The molecule has 0 unspecified atom stereocenters. The number of ether oxygens (including phenoxy) is 2. The topological polar surface area (TPSA) is 59.6 Å². The van der Waals surface area contributed by atoms with Gasteiger partial charge in [0, 0.05) is 10.6 Å². The average molecular weight is 467 g/mol. The van der Waals surface area contributed by atoms with Gasteiger partial charge in [-0.25, -0.2) is 4.79 Å². The van der Waals surface area contributed by atoms with Crippen molar-refractivity contribution in [2.75, 3.05) is 17.7 Å². The van der Waals surface area contributed by atoms with Crippen molar-refractivity contribution in [2.45, 2.75) is 38.5 Å². The van der Waals surface area contributed by atoms with E-state index in [2.05, 4.69) is 10.6 Å². The number of carbonyl (C=O) groups excluding carboxylic acids is 1. The summed E-state index contributed by atoms with van der Waals surface area (Å²) in [6.45, 7) is 0. The van der Waals surface area contributed by atoms with Gasteiger partial charge in [0.2, 0.25) is 0 Å². The number of esters is 1.